The monoisotopic (exact) mass is 285 g/mol. The summed E-state index contributed by atoms with van der Waals surface area (Å²) in [7, 11) is 0. The van der Waals surface area contributed by atoms with E-state index in [4.69, 9.17) is 5.26 Å². The number of hydrogen-bond acceptors (Lipinski definition) is 4. The third-order valence-electron chi connectivity index (χ3n) is 2.70. The largest absolute Gasteiger partial charge is 0.271 e. The maximum atomic E-state index is 8.71. The van der Waals surface area contributed by atoms with Crippen molar-refractivity contribution in [1.82, 2.24) is 15.1 Å². The molecule has 1 aromatic heterocycles. The maximum absolute atomic E-state index is 8.71. The van der Waals surface area contributed by atoms with Gasteiger partial charge in [-0.25, -0.2) is 9.67 Å². The van der Waals surface area contributed by atoms with Gasteiger partial charge in [-0.3, -0.25) is 5.32 Å². The summed E-state index contributed by atoms with van der Waals surface area (Å²) in [4.78, 5) is 4.48. The summed E-state index contributed by atoms with van der Waals surface area (Å²) in [5.74, 6) is 0. The van der Waals surface area contributed by atoms with Crippen molar-refractivity contribution in [2.24, 2.45) is 4.99 Å². The fourth-order valence-electron chi connectivity index (χ4n) is 1.89. The van der Waals surface area contributed by atoms with Crippen LogP contribution in [0.2, 0.25) is 0 Å². The molecule has 0 atom stereocenters. The molecule has 1 heterocycles. The number of para-hydroxylation sites is 2. The Hall–Kier alpha value is -2.26. The van der Waals surface area contributed by atoms with Gasteiger partial charge in [0.15, 0.2) is 11.4 Å². The van der Waals surface area contributed by atoms with E-state index in [2.05, 4.69) is 15.4 Å². The number of thioether (sulfide) groups is 1. The molecule has 0 bridgehead atoms. The molecule has 5 nitrogen and oxygen atoms in total. The van der Waals surface area contributed by atoms with Crippen LogP contribution < -0.4 is 5.32 Å². The molecule has 6 heteroatoms. The van der Waals surface area contributed by atoms with Crippen molar-refractivity contribution in [1.29, 1.82) is 5.26 Å². The summed E-state index contributed by atoms with van der Waals surface area (Å²) < 4.78 is 1.86. The summed E-state index contributed by atoms with van der Waals surface area (Å²) >= 11 is 1.39. The number of nitrogens with one attached hydrogen (secondary N) is 1. The SMILES string of the molecule is CSC(=Nc1ccccc1-n1nc(C)cc1C)NC#N. The van der Waals surface area contributed by atoms with Crippen LogP contribution in [0.25, 0.3) is 5.69 Å². The number of hydrogen-bond donors (Lipinski definition) is 1. The molecule has 102 valence electrons. The zero-order valence-electron chi connectivity index (χ0n) is 11.6. The quantitative estimate of drug-likeness (QED) is 0.399. The number of rotatable bonds is 2. The molecular formula is C14H15N5S. The second kappa shape index (κ2) is 6.26. The molecule has 0 aliphatic heterocycles. The normalized spacial score (nSPS) is 11.2. The highest BCUT2D eigenvalue weighted by atomic mass is 32.2. The molecule has 1 aromatic carbocycles. The molecule has 1 N–H and O–H groups in total. The second-order valence-electron chi connectivity index (χ2n) is 4.19. The minimum Gasteiger partial charge on any atom is -0.271 e. The van der Waals surface area contributed by atoms with Gasteiger partial charge in [-0.1, -0.05) is 23.9 Å². The van der Waals surface area contributed by atoms with Crippen molar-refractivity contribution in [3.63, 3.8) is 0 Å². The average molecular weight is 285 g/mol. The predicted molar refractivity (Wildman–Crippen MR) is 82.4 cm³/mol. The first-order valence-corrected chi connectivity index (χ1v) is 7.28. The van der Waals surface area contributed by atoms with Crippen LogP contribution in [0.3, 0.4) is 0 Å². The van der Waals surface area contributed by atoms with Gasteiger partial charge in [-0.15, -0.1) is 0 Å². The molecule has 0 fully saturated rings. The highest BCUT2D eigenvalue weighted by Crippen LogP contribution is 2.25. The lowest BCUT2D eigenvalue weighted by Gasteiger charge is -2.08. The standard InChI is InChI=1S/C14H15N5S/c1-10-8-11(2)19(18-10)13-7-5-4-6-12(13)17-14(20-3)16-9-15/h4-8H,1-3H3,(H,16,17). The lowest BCUT2D eigenvalue weighted by Crippen LogP contribution is -2.12. The van der Waals surface area contributed by atoms with Gasteiger partial charge in [-0.2, -0.15) is 10.4 Å². The highest BCUT2D eigenvalue weighted by molar-refractivity contribution is 8.13. The Balaban J connectivity index is 2.51. The minimum atomic E-state index is 0.557. The Bertz CT molecular complexity index is 681. The van der Waals surface area contributed by atoms with Gasteiger partial charge < -0.3 is 0 Å². The van der Waals surface area contributed by atoms with Gasteiger partial charge in [0.25, 0.3) is 0 Å². The van der Waals surface area contributed by atoms with Gasteiger partial charge in [0.2, 0.25) is 0 Å². The maximum Gasteiger partial charge on any atom is 0.183 e. The fourth-order valence-corrected chi connectivity index (χ4v) is 2.23. The van der Waals surface area contributed by atoms with Crippen molar-refractivity contribution in [3.05, 3.63) is 41.7 Å². The molecule has 0 aliphatic carbocycles. The number of aliphatic imine (C=N–C) groups is 1. The van der Waals surface area contributed by atoms with E-state index >= 15 is 0 Å². The van der Waals surface area contributed by atoms with Crippen LogP contribution in [-0.2, 0) is 0 Å². The van der Waals surface area contributed by atoms with E-state index in [0.29, 0.717) is 5.17 Å². The van der Waals surface area contributed by atoms with E-state index in [1.165, 1.54) is 11.8 Å². The van der Waals surface area contributed by atoms with Gasteiger partial charge >= 0.3 is 0 Å². The van der Waals surface area contributed by atoms with Crippen LogP contribution >= 0.6 is 11.8 Å². The van der Waals surface area contributed by atoms with E-state index in [1.54, 1.807) is 0 Å². The highest BCUT2D eigenvalue weighted by Gasteiger charge is 2.08. The van der Waals surface area contributed by atoms with E-state index < -0.39 is 0 Å². The molecular weight excluding hydrogens is 270 g/mol. The Kier molecular flexibility index (Phi) is 4.43. The van der Waals surface area contributed by atoms with Crippen LogP contribution in [0.4, 0.5) is 5.69 Å². The van der Waals surface area contributed by atoms with Crippen LogP contribution in [-0.4, -0.2) is 21.2 Å². The number of aryl methyl sites for hydroxylation is 2. The smallest absolute Gasteiger partial charge is 0.183 e. The van der Waals surface area contributed by atoms with Crippen molar-refractivity contribution in [3.8, 4) is 11.9 Å². The van der Waals surface area contributed by atoms with E-state index in [1.807, 2.05) is 61.3 Å². The zero-order valence-corrected chi connectivity index (χ0v) is 12.4. The first-order chi connectivity index (χ1) is 9.65. The van der Waals surface area contributed by atoms with Crippen LogP contribution in [0, 0.1) is 25.3 Å². The molecule has 0 radical (unpaired) electrons. The molecule has 0 saturated carbocycles. The third-order valence-corrected chi connectivity index (χ3v) is 3.28. The topological polar surface area (TPSA) is 66.0 Å². The molecule has 2 aromatic rings. The molecule has 20 heavy (non-hydrogen) atoms. The number of benzene rings is 1. The Morgan fingerprint density at radius 2 is 2.15 bits per heavy atom. The first-order valence-electron chi connectivity index (χ1n) is 6.06. The molecule has 0 unspecified atom stereocenters. The van der Waals surface area contributed by atoms with Gasteiger partial charge in [-0.05, 0) is 38.3 Å². The van der Waals surface area contributed by atoms with Gasteiger partial charge in [0.1, 0.15) is 0 Å². The van der Waals surface area contributed by atoms with Crippen LogP contribution in [0.15, 0.2) is 35.3 Å². The number of nitriles is 1. The molecule has 0 aliphatic rings. The number of nitrogens with zero attached hydrogens (tertiary/aromatic N) is 4. The zero-order chi connectivity index (χ0) is 14.5. The number of amidine groups is 1. The third kappa shape index (κ3) is 3.00. The summed E-state index contributed by atoms with van der Waals surface area (Å²) in [5.41, 5.74) is 3.67. The number of aromatic nitrogens is 2. The summed E-state index contributed by atoms with van der Waals surface area (Å²) in [5, 5.41) is 16.3. The van der Waals surface area contributed by atoms with Gasteiger partial charge in [0, 0.05) is 5.69 Å². The van der Waals surface area contributed by atoms with Crippen molar-refractivity contribution >= 4 is 22.6 Å². The molecule has 0 saturated heterocycles. The minimum absolute atomic E-state index is 0.557. The molecule has 0 spiro atoms. The lowest BCUT2D eigenvalue weighted by molar-refractivity contribution is 0.834. The van der Waals surface area contributed by atoms with Crippen molar-refractivity contribution in [2.45, 2.75) is 13.8 Å². The summed E-state index contributed by atoms with van der Waals surface area (Å²) in [6.07, 6.45) is 3.76. The summed E-state index contributed by atoms with van der Waals surface area (Å²) in [6.45, 7) is 3.96. The average Bonchev–Trinajstić information content (AvgIpc) is 2.77. The van der Waals surface area contributed by atoms with Crippen LogP contribution in [0.1, 0.15) is 11.4 Å². The fraction of sp³-hybridized carbons (Fsp3) is 0.214. The van der Waals surface area contributed by atoms with Crippen LogP contribution in [0.5, 0.6) is 0 Å². The van der Waals surface area contributed by atoms with E-state index in [-0.39, 0.29) is 0 Å². The Morgan fingerprint density at radius 1 is 1.40 bits per heavy atom. The van der Waals surface area contributed by atoms with E-state index in [9.17, 15) is 0 Å². The Morgan fingerprint density at radius 3 is 2.75 bits per heavy atom. The van der Waals surface area contributed by atoms with Crippen molar-refractivity contribution in [2.75, 3.05) is 6.26 Å². The molecule has 0 amide bonds. The van der Waals surface area contributed by atoms with Gasteiger partial charge in [0.05, 0.1) is 17.1 Å². The van der Waals surface area contributed by atoms with E-state index in [0.717, 1.165) is 22.8 Å². The molecule has 2 rings (SSSR count). The first kappa shape index (κ1) is 14.2. The lowest BCUT2D eigenvalue weighted by atomic mass is 10.2. The Labute approximate surface area is 122 Å². The predicted octanol–water partition coefficient (Wildman–Crippen LogP) is 2.91. The van der Waals surface area contributed by atoms with Crippen molar-refractivity contribution < 1.29 is 0 Å². The second-order valence-corrected chi connectivity index (χ2v) is 4.98. The summed E-state index contributed by atoms with van der Waals surface area (Å²) in [6, 6.07) is 9.74.